The molecule has 1 N–H and O–H groups in total. The molecule has 116 valence electrons. The number of aromatic nitrogens is 3. The fourth-order valence-corrected chi connectivity index (χ4v) is 2.80. The van der Waals surface area contributed by atoms with Crippen LogP contribution in [0.25, 0.3) is 0 Å². The normalized spacial score (nSPS) is 18.3. The zero-order chi connectivity index (χ0) is 15.5. The Hall–Kier alpha value is -2.44. The van der Waals surface area contributed by atoms with E-state index in [4.69, 9.17) is 4.52 Å². The van der Waals surface area contributed by atoms with Gasteiger partial charge in [0.2, 0.25) is 5.95 Å². The fourth-order valence-electron chi connectivity index (χ4n) is 2.80. The number of aryl methyl sites for hydroxylation is 2. The SMILES string of the molecule is Cc1noc(C)c1C(=O)NC1CCCN(c2ncccn2)C1. The minimum atomic E-state index is -0.128. The largest absolute Gasteiger partial charge is 0.361 e. The van der Waals surface area contributed by atoms with E-state index in [9.17, 15) is 4.79 Å². The third kappa shape index (κ3) is 2.93. The van der Waals surface area contributed by atoms with E-state index in [2.05, 4.69) is 25.3 Å². The molecule has 7 heteroatoms. The van der Waals surface area contributed by atoms with Crippen LogP contribution in [0.4, 0.5) is 5.95 Å². The standard InChI is InChI=1S/C15H19N5O2/c1-10-13(11(2)22-19-10)14(21)18-12-5-3-8-20(9-12)15-16-6-4-7-17-15/h4,6-7,12H,3,5,8-9H2,1-2H3,(H,18,21). The zero-order valence-electron chi connectivity index (χ0n) is 12.7. The molecule has 7 nitrogen and oxygen atoms in total. The second-order valence-electron chi connectivity index (χ2n) is 5.51. The third-order valence-electron chi connectivity index (χ3n) is 3.85. The van der Waals surface area contributed by atoms with Gasteiger partial charge in [0.1, 0.15) is 11.3 Å². The van der Waals surface area contributed by atoms with E-state index < -0.39 is 0 Å². The number of hydrogen-bond acceptors (Lipinski definition) is 6. The lowest BCUT2D eigenvalue weighted by atomic mass is 10.1. The Bertz CT molecular complexity index is 636. The lowest BCUT2D eigenvalue weighted by Gasteiger charge is -2.33. The highest BCUT2D eigenvalue weighted by molar-refractivity contribution is 5.96. The number of piperidine rings is 1. The summed E-state index contributed by atoms with van der Waals surface area (Å²) in [5.41, 5.74) is 1.15. The lowest BCUT2D eigenvalue weighted by molar-refractivity contribution is 0.0931. The molecular weight excluding hydrogens is 282 g/mol. The summed E-state index contributed by atoms with van der Waals surface area (Å²) in [5.74, 6) is 1.13. The number of hydrogen-bond donors (Lipinski definition) is 1. The Morgan fingerprint density at radius 3 is 2.82 bits per heavy atom. The van der Waals surface area contributed by atoms with Gasteiger partial charge in [-0.3, -0.25) is 4.79 Å². The Balaban J connectivity index is 1.67. The van der Waals surface area contributed by atoms with E-state index in [0.29, 0.717) is 29.5 Å². The van der Waals surface area contributed by atoms with Gasteiger partial charge in [-0.25, -0.2) is 9.97 Å². The van der Waals surface area contributed by atoms with Crippen molar-refractivity contribution in [2.24, 2.45) is 0 Å². The lowest BCUT2D eigenvalue weighted by Crippen LogP contribution is -2.48. The zero-order valence-corrected chi connectivity index (χ0v) is 12.7. The Labute approximate surface area is 128 Å². The van der Waals surface area contributed by atoms with Crippen LogP contribution in [-0.4, -0.2) is 40.2 Å². The van der Waals surface area contributed by atoms with Crippen LogP contribution in [0.3, 0.4) is 0 Å². The van der Waals surface area contributed by atoms with E-state index >= 15 is 0 Å². The maximum absolute atomic E-state index is 12.4. The number of anilines is 1. The van der Waals surface area contributed by atoms with Crippen molar-refractivity contribution in [1.29, 1.82) is 0 Å². The van der Waals surface area contributed by atoms with E-state index in [1.807, 2.05) is 0 Å². The highest BCUT2D eigenvalue weighted by Crippen LogP contribution is 2.17. The van der Waals surface area contributed by atoms with Crippen molar-refractivity contribution in [2.45, 2.75) is 32.7 Å². The van der Waals surface area contributed by atoms with Gasteiger partial charge in [0.25, 0.3) is 5.91 Å². The Morgan fingerprint density at radius 1 is 1.36 bits per heavy atom. The van der Waals surface area contributed by atoms with Gasteiger partial charge in [-0.15, -0.1) is 0 Å². The maximum atomic E-state index is 12.4. The highest BCUT2D eigenvalue weighted by atomic mass is 16.5. The first-order chi connectivity index (χ1) is 10.6. The van der Waals surface area contributed by atoms with Crippen LogP contribution in [0.15, 0.2) is 23.0 Å². The number of carbonyl (C=O) groups excluding carboxylic acids is 1. The van der Waals surface area contributed by atoms with Gasteiger partial charge in [-0.05, 0) is 32.8 Å². The van der Waals surface area contributed by atoms with Crippen molar-refractivity contribution < 1.29 is 9.32 Å². The average Bonchev–Trinajstić information content (AvgIpc) is 2.87. The summed E-state index contributed by atoms with van der Waals surface area (Å²) in [6.45, 7) is 5.14. The predicted molar refractivity (Wildman–Crippen MR) is 80.7 cm³/mol. The van der Waals surface area contributed by atoms with Crippen LogP contribution in [0.5, 0.6) is 0 Å². The first-order valence-electron chi connectivity index (χ1n) is 7.41. The first-order valence-corrected chi connectivity index (χ1v) is 7.41. The molecule has 1 aliphatic heterocycles. The van der Waals surface area contributed by atoms with Crippen molar-refractivity contribution in [1.82, 2.24) is 20.4 Å². The van der Waals surface area contributed by atoms with Crippen LogP contribution in [-0.2, 0) is 0 Å². The quantitative estimate of drug-likeness (QED) is 0.924. The summed E-state index contributed by atoms with van der Waals surface area (Å²) < 4.78 is 5.05. The number of rotatable bonds is 3. The van der Waals surface area contributed by atoms with Gasteiger partial charge in [-0.1, -0.05) is 5.16 Å². The van der Waals surface area contributed by atoms with E-state index in [0.717, 1.165) is 19.4 Å². The molecule has 2 aromatic heterocycles. The van der Waals surface area contributed by atoms with Crippen molar-refractivity contribution in [3.8, 4) is 0 Å². The van der Waals surface area contributed by atoms with Crippen molar-refractivity contribution in [3.63, 3.8) is 0 Å². The maximum Gasteiger partial charge on any atom is 0.257 e. The van der Waals surface area contributed by atoms with Gasteiger partial charge < -0.3 is 14.7 Å². The minimum Gasteiger partial charge on any atom is -0.361 e. The molecule has 22 heavy (non-hydrogen) atoms. The van der Waals surface area contributed by atoms with Crippen LogP contribution < -0.4 is 10.2 Å². The molecule has 1 atom stereocenters. The summed E-state index contributed by atoms with van der Waals surface area (Å²) in [7, 11) is 0. The molecule has 0 bridgehead atoms. The molecule has 1 saturated heterocycles. The summed E-state index contributed by atoms with van der Waals surface area (Å²) in [6.07, 6.45) is 5.39. The van der Waals surface area contributed by atoms with Crippen LogP contribution in [0.1, 0.15) is 34.7 Å². The van der Waals surface area contributed by atoms with Crippen molar-refractivity contribution in [3.05, 3.63) is 35.5 Å². The summed E-state index contributed by atoms with van der Waals surface area (Å²) in [5, 5.41) is 6.89. The van der Waals surface area contributed by atoms with Crippen molar-refractivity contribution >= 4 is 11.9 Å². The van der Waals surface area contributed by atoms with E-state index in [1.165, 1.54) is 0 Å². The molecule has 1 amide bonds. The molecule has 0 spiro atoms. The second kappa shape index (κ2) is 6.13. The molecule has 3 heterocycles. The topological polar surface area (TPSA) is 84.2 Å². The van der Waals surface area contributed by atoms with Crippen LogP contribution in [0.2, 0.25) is 0 Å². The minimum absolute atomic E-state index is 0.0683. The van der Waals surface area contributed by atoms with E-state index in [1.54, 1.807) is 32.3 Å². The summed E-state index contributed by atoms with van der Waals surface area (Å²) >= 11 is 0. The van der Waals surface area contributed by atoms with Gasteiger partial charge in [-0.2, -0.15) is 0 Å². The molecule has 0 radical (unpaired) electrons. The molecule has 1 aliphatic rings. The van der Waals surface area contributed by atoms with Gasteiger partial charge in [0, 0.05) is 31.5 Å². The molecule has 1 unspecified atom stereocenters. The Kier molecular flexibility index (Phi) is 4.04. The van der Waals surface area contributed by atoms with Crippen molar-refractivity contribution in [2.75, 3.05) is 18.0 Å². The molecule has 2 aromatic rings. The summed E-state index contributed by atoms with van der Waals surface area (Å²) in [6, 6.07) is 1.86. The average molecular weight is 301 g/mol. The highest BCUT2D eigenvalue weighted by Gasteiger charge is 2.25. The molecule has 0 saturated carbocycles. The van der Waals surface area contributed by atoms with Gasteiger partial charge in [0.05, 0.1) is 5.69 Å². The fraction of sp³-hybridized carbons (Fsp3) is 0.467. The number of carbonyl (C=O) groups is 1. The van der Waals surface area contributed by atoms with E-state index in [-0.39, 0.29) is 11.9 Å². The number of nitrogens with zero attached hydrogens (tertiary/aromatic N) is 4. The number of nitrogens with one attached hydrogen (secondary N) is 1. The molecular formula is C15H19N5O2. The molecule has 3 rings (SSSR count). The first kappa shape index (κ1) is 14.5. The monoisotopic (exact) mass is 301 g/mol. The van der Waals surface area contributed by atoms with Gasteiger partial charge in [0.15, 0.2) is 0 Å². The molecule has 0 aromatic carbocycles. The predicted octanol–water partition coefficient (Wildman–Crippen LogP) is 1.48. The van der Waals surface area contributed by atoms with Crippen LogP contribution in [0, 0.1) is 13.8 Å². The van der Waals surface area contributed by atoms with Crippen LogP contribution >= 0.6 is 0 Å². The smallest absolute Gasteiger partial charge is 0.257 e. The second-order valence-corrected chi connectivity index (χ2v) is 5.51. The molecule has 0 aliphatic carbocycles. The third-order valence-corrected chi connectivity index (χ3v) is 3.85. The molecule has 1 fully saturated rings. The Morgan fingerprint density at radius 2 is 2.14 bits per heavy atom. The number of amides is 1. The summed E-state index contributed by atoms with van der Waals surface area (Å²) in [4.78, 5) is 23.0. The van der Waals surface area contributed by atoms with Gasteiger partial charge >= 0.3 is 0 Å².